The fourth-order valence-electron chi connectivity index (χ4n) is 1.23. The van der Waals surface area contributed by atoms with Crippen molar-refractivity contribution >= 4 is 28.8 Å². The van der Waals surface area contributed by atoms with Crippen molar-refractivity contribution in [1.29, 1.82) is 0 Å². The van der Waals surface area contributed by atoms with Crippen LogP contribution >= 0.6 is 23.1 Å². The topological polar surface area (TPSA) is 72.6 Å². The van der Waals surface area contributed by atoms with E-state index >= 15 is 0 Å². The van der Waals surface area contributed by atoms with Gasteiger partial charge < -0.3 is 9.84 Å². The molecule has 0 bridgehead atoms. The lowest BCUT2D eigenvalue weighted by molar-refractivity contribution is -0.387. The summed E-state index contributed by atoms with van der Waals surface area (Å²) in [6, 6.07) is 1.46. The molecule has 1 aromatic heterocycles. The van der Waals surface area contributed by atoms with Crippen LogP contribution in [0, 0.1) is 10.1 Å². The molecule has 1 aliphatic rings. The van der Waals surface area contributed by atoms with Gasteiger partial charge in [0.25, 0.3) is 5.69 Å². The molecule has 0 unspecified atom stereocenters. The van der Waals surface area contributed by atoms with Gasteiger partial charge in [-0.15, -0.1) is 23.1 Å². The lowest BCUT2D eigenvalue weighted by atomic mass is 10.3. The van der Waals surface area contributed by atoms with Gasteiger partial charge in [0.2, 0.25) is 0 Å². The number of rotatable bonds is 4. The van der Waals surface area contributed by atoms with Crippen LogP contribution in [0.15, 0.2) is 10.3 Å². The van der Waals surface area contributed by atoms with Crippen LogP contribution in [0.2, 0.25) is 0 Å². The maximum absolute atomic E-state index is 10.8. The number of hydrogen-bond acceptors (Lipinski definition) is 6. The Kier molecular flexibility index (Phi) is 3.48. The van der Waals surface area contributed by atoms with Gasteiger partial charge in [-0.25, -0.2) is 0 Å². The van der Waals surface area contributed by atoms with E-state index in [1.54, 1.807) is 6.92 Å². The number of aliphatic hydroxyl groups is 1. The molecule has 16 heavy (non-hydrogen) atoms. The SMILES string of the molecule is C[C@@H](O)c1cc([N+](=O)[O-])c(SC2COC2)s1. The second-order valence-corrected chi connectivity index (χ2v) is 6.18. The van der Waals surface area contributed by atoms with Crippen LogP contribution in [0.25, 0.3) is 0 Å². The molecule has 1 saturated heterocycles. The van der Waals surface area contributed by atoms with Crippen LogP contribution < -0.4 is 0 Å². The molecular weight excluding hydrogens is 250 g/mol. The summed E-state index contributed by atoms with van der Waals surface area (Å²) in [6.07, 6.45) is -0.657. The van der Waals surface area contributed by atoms with Gasteiger partial charge >= 0.3 is 0 Å². The predicted octanol–water partition coefficient (Wildman–Crippen LogP) is 2.20. The highest BCUT2D eigenvalue weighted by Gasteiger charge is 2.27. The minimum absolute atomic E-state index is 0.0952. The summed E-state index contributed by atoms with van der Waals surface area (Å²) in [5.41, 5.74) is 0.0952. The Hall–Kier alpha value is -0.630. The molecule has 5 nitrogen and oxygen atoms in total. The first kappa shape index (κ1) is 11.8. The van der Waals surface area contributed by atoms with E-state index in [2.05, 4.69) is 0 Å². The highest BCUT2D eigenvalue weighted by atomic mass is 32.2. The number of nitro groups is 1. The zero-order valence-electron chi connectivity index (χ0n) is 8.58. The zero-order chi connectivity index (χ0) is 11.7. The van der Waals surface area contributed by atoms with Crippen LogP contribution in [0.1, 0.15) is 17.9 Å². The summed E-state index contributed by atoms with van der Waals surface area (Å²) < 4.78 is 5.69. The Morgan fingerprint density at radius 3 is 2.88 bits per heavy atom. The third kappa shape index (κ3) is 2.37. The average Bonchev–Trinajstić information content (AvgIpc) is 2.55. The van der Waals surface area contributed by atoms with Gasteiger partial charge in [0.05, 0.1) is 29.5 Å². The second kappa shape index (κ2) is 4.70. The van der Waals surface area contributed by atoms with E-state index in [4.69, 9.17) is 4.74 Å². The van der Waals surface area contributed by atoms with Crippen molar-refractivity contribution < 1.29 is 14.8 Å². The maximum atomic E-state index is 10.8. The van der Waals surface area contributed by atoms with Gasteiger partial charge in [0.15, 0.2) is 0 Å². The number of thioether (sulfide) groups is 1. The minimum Gasteiger partial charge on any atom is -0.388 e. The Labute approximate surface area is 101 Å². The monoisotopic (exact) mass is 261 g/mol. The fraction of sp³-hybridized carbons (Fsp3) is 0.556. The van der Waals surface area contributed by atoms with Gasteiger partial charge in [0, 0.05) is 10.9 Å². The highest BCUT2D eigenvalue weighted by Crippen LogP contribution is 2.42. The molecule has 7 heteroatoms. The first-order valence-corrected chi connectivity index (χ1v) is 6.48. The third-order valence-electron chi connectivity index (χ3n) is 2.19. The summed E-state index contributed by atoms with van der Waals surface area (Å²) >= 11 is 2.75. The standard InChI is InChI=1S/C9H11NO4S2/c1-5(11)8-2-7(10(12)13)9(16-8)15-6-3-14-4-6/h2,5-6,11H,3-4H2,1H3/t5-/m1/s1. The van der Waals surface area contributed by atoms with Gasteiger partial charge in [-0.3, -0.25) is 10.1 Å². The molecule has 1 atom stereocenters. The number of thiophene rings is 1. The normalized spacial score (nSPS) is 18.1. The van der Waals surface area contributed by atoms with Gasteiger partial charge in [-0.1, -0.05) is 0 Å². The van der Waals surface area contributed by atoms with E-state index in [-0.39, 0.29) is 5.69 Å². The zero-order valence-corrected chi connectivity index (χ0v) is 10.2. The molecule has 1 aromatic rings. The molecule has 0 saturated carbocycles. The molecule has 0 spiro atoms. The van der Waals surface area contributed by atoms with Gasteiger partial charge in [-0.2, -0.15) is 0 Å². The van der Waals surface area contributed by atoms with Crippen molar-refractivity contribution in [3.8, 4) is 0 Å². The smallest absolute Gasteiger partial charge is 0.294 e. The third-order valence-corrected chi connectivity index (χ3v) is 4.84. The van der Waals surface area contributed by atoms with E-state index in [9.17, 15) is 15.2 Å². The summed E-state index contributed by atoms with van der Waals surface area (Å²) in [5, 5.41) is 20.5. The van der Waals surface area contributed by atoms with Crippen LogP contribution in [-0.4, -0.2) is 28.5 Å². The molecule has 2 heterocycles. The molecule has 0 radical (unpaired) electrons. The van der Waals surface area contributed by atoms with Crippen molar-refractivity contribution in [3.63, 3.8) is 0 Å². The highest BCUT2D eigenvalue weighted by molar-refractivity contribution is 8.02. The lowest BCUT2D eigenvalue weighted by Crippen LogP contribution is -2.29. The van der Waals surface area contributed by atoms with Crippen molar-refractivity contribution in [2.75, 3.05) is 13.2 Å². The van der Waals surface area contributed by atoms with Crippen LogP contribution in [0.5, 0.6) is 0 Å². The van der Waals surface area contributed by atoms with Crippen molar-refractivity contribution in [3.05, 3.63) is 21.1 Å². The molecule has 2 rings (SSSR count). The van der Waals surface area contributed by atoms with Crippen molar-refractivity contribution in [1.82, 2.24) is 0 Å². The molecule has 1 fully saturated rings. The van der Waals surface area contributed by atoms with Gasteiger partial charge in [0.1, 0.15) is 4.21 Å². The van der Waals surface area contributed by atoms with Crippen molar-refractivity contribution in [2.24, 2.45) is 0 Å². The quantitative estimate of drug-likeness (QED) is 0.664. The Bertz CT molecular complexity index is 400. The summed E-state index contributed by atoms with van der Waals surface area (Å²) in [4.78, 5) is 11.1. The number of hydrogen-bond donors (Lipinski definition) is 1. The average molecular weight is 261 g/mol. The molecule has 88 valence electrons. The Balaban J connectivity index is 2.22. The maximum Gasteiger partial charge on any atom is 0.294 e. The van der Waals surface area contributed by atoms with E-state index < -0.39 is 11.0 Å². The summed E-state index contributed by atoms with van der Waals surface area (Å²) in [6.45, 7) is 2.89. The molecule has 1 aliphatic heterocycles. The minimum atomic E-state index is -0.657. The first-order chi connectivity index (χ1) is 7.58. The Morgan fingerprint density at radius 1 is 1.75 bits per heavy atom. The largest absolute Gasteiger partial charge is 0.388 e. The second-order valence-electron chi connectivity index (χ2n) is 3.53. The molecule has 1 N–H and O–H groups in total. The van der Waals surface area contributed by atoms with Crippen LogP contribution in [0.4, 0.5) is 5.69 Å². The Morgan fingerprint density at radius 2 is 2.44 bits per heavy atom. The number of nitrogens with zero attached hydrogens (tertiary/aromatic N) is 1. The summed E-state index contributed by atoms with van der Waals surface area (Å²) in [7, 11) is 0. The molecule has 0 aromatic carbocycles. The van der Waals surface area contributed by atoms with E-state index in [0.29, 0.717) is 27.6 Å². The number of ether oxygens (including phenoxy) is 1. The fourth-order valence-corrected chi connectivity index (χ4v) is 3.80. The molecular formula is C9H11NO4S2. The van der Waals surface area contributed by atoms with Crippen molar-refractivity contribution in [2.45, 2.75) is 22.5 Å². The first-order valence-electron chi connectivity index (χ1n) is 4.78. The van der Waals surface area contributed by atoms with Crippen LogP contribution in [-0.2, 0) is 4.74 Å². The predicted molar refractivity (Wildman–Crippen MR) is 62.1 cm³/mol. The number of aliphatic hydroxyl groups excluding tert-OH is 1. The van der Waals surface area contributed by atoms with Gasteiger partial charge in [-0.05, 0) is 6.92 Å². The van der Waals surface area contributed by atoms with E-state index in [1.165, 1.54) is 29.2 Å². The van der Waals surface area contributed by atoms with E-state index in [1.807, 2.05) is 0 Å². The van der Waals surface area contributed by atoms with Crippen LogP contribution in [0.3, 0.4) is 0 Å². The summed E-state index contributed by atoms with van der Waals surface area (Å²) in [5.74, 6) is 0. The van der Waals surface area contributed by atoms with E-state index in [0.717, 1.165) is 0 Å². The molecule has 0 aliphatic carbocycles. The lowest BCUT2D eigenvalue weighted by Gasteiger charge is -2.24. The molecule has 0 amide bonds.